The van der Waals surface area contributed by atoms with E-state index in [4.69, 9.17) is 5.26 Å². The van der Waals surface area contributed by atoms with Crippen molar-refractivity contribution in [2.75, 3.05) is 24.5 Å². The molecule has 0 saturated carbocycles. The van der Waals surface area contributed by atoms with Crippen molar-refractivity contribution in [2.45, 2.75) is 38.6 Å². The van der Waals surface area contributed by atoms with Gasteiger partial charge in [0.25, 0.3) is 0 Å². The summed E-state index contributed by atoms with van der Waals surface area (Å²) in [7, 11) is 0. The van der Waals surface area contributed by atoms with Crippen LogP contribution in [0, 0.1) is 11.3 Å². The lowest BCUT2D eigenvalue weighted by Gasteiger charge is -2.22. The Hall–Kier alpha value is -1.53. The topological polar surface area (TPSA) is 39.1 Å². The van der Waals surface area contributed by atoms with E-state index >= 15 is 0 Å². The normalized spacial score (nSPS) is 19.5. The largest absolute Gasteiger partial charge is 0.370 e. The van der Waals surface area contributed by atoms with Crippen LogP contribution < -0.4 is 10.2 Å². The summed E-state index contributed by atoms with van der Waals surface area (Å²) < 4.78 is 0. The minimum Gasteiger partial charge on any atom is -0.370 e. The Morgan fingerprint density at radius 2 is 2.00 bits per heavy atom. The van der Waals surface area contributed by atoms with Crippen LogP contribution in [0.3, 0.4) is 0 Å². The van der Waals surface area contributed by atoms with Crippen molar-refractivity contribution < 1.29 is 0 Å². The van der Waals surface area contributed by atoms with Crippen molar-refractivity contribution in [3.8, 4) is 6.07 Å². The zero-order chi connectivity index (χ0) is 13.9. The van der Waals surface area contributed by atoms with Gasteiger partial charge < -0.3 is 4.90 Å². The van der Waals surface area contributed by atoms with E-state index in [2.05, 4.69) is 61.3 Å². The zero-order valence-electron chi connectivity index (χ0n) is 12.1. The van der Waals surface area contributed by atoms with E-state index in [1.807, 2.05) is 0 Å². The van der Waals surface area contributed by atoms with Gasteiger partial charge in [0.05, 0.1) is 12.6 Å². The van der Waals surface area contributed by atoms with E-state index in [1.165, 1.54) is 11.3 Å². The molecule has 3 heteroatoms. The second kappa shape index (κ2) is 5.63. The van der Waals surface area contributed by atoms with Crippen LogP contribution >= 0.6 is 0 Å². The molecule has 1 aliphatic heterocycles. The lowest BCUT2D eigenvalue weighted by Crippen LogP contribution is -2.32. The van der Waals surface area contributed by atoms with Crippen molar-refractivity contribution in [2.24, 2.45) is 0 Å². The molecule has 0 radical (unpaired) electrons. The summed E-state index contributed by atoms with van der Waals surface area (Å²) in [6, 6.07) is 11.5. The molecule has 19 heavy (non-hydrogen) atoms. The third-order valence-electron chi connectivity index (χ3n) is 3.76. The SMILES string of the molecule is CC(C)(C)c1ccc(N2CCC(NCC#N)C2)cc1. The van der Waals surface area contributed by atoms with E-state index in [1.54, 1.807) is 0 Å². The van der Waals surface area contributed by atoms with Crippen molar-refractivity contribution in [1.82, 2.24) is 5.32 Å². The number of anilines is 1. The average molecular weight is 257 g/mol. The van der Waals surface area contributed by atoms with Crippen molar-refractivity contribution in [3.63, 3.8) is 0 Å². The van der Waals surface area contributed by atoms with E-state index in [0.29, 0.717) is 12.6 Å². The molecule has 1 unspecified atom stereocenters. The fourth-order valence-corrected chi connectivity index (χ4v) is 2.52. The number of hydrogen-bond donors (Lipinski definition) is 1. The molecule has 1 aromatic rings. The van der Waals surface area contributed by atoms with E-state index in [-0.39, 0.29) is 5.41 Å². The second-order valence-corrected chi connectivity index (χ2v) is 6.27. The van der Waals surface area contributed by atoms with Crippen LogP contribution in [0.1, 0.15) is 32.8 Å². The van der Waals surface area contributed by atoms with E-state index in [9.17, 15) is 0 Å². The summed E-state index contributed by atoms with van der Waals surface area (Å²) in [6.07, 6.45) is 1.11. The Labute approximate surface area is 116 Å². The van der Waals surface area contributed by atoms with Gasteiger partial charge in [-0.3, -0.25) is 5.32 Å². The molecule has 3 nitrogen and oxygen atoms in total. The van der Waals surface area contributed by atoms with Crippen LogP contribution in [-0.2, 0) is 5.41 Å². The summed E-state index contributed by atoms with van der Waals surface area (Å²) in [5, 5.41) is 11.9. The van der Waals surface area contributed by atoms with E-state index in [0.717, 1.165) is 19.5 Å². The summed E-state index contributed by atoms with van der Waals surface area (Å²) in [4.78, 5) is 2.39. The Kier molecular flexibility index (Phi) is 4.11. The summed E-state index contributed by atoms with van der Waals surface area (Å²) >= 11 is 0. The molecule has 1 saturated heterocycles. The number of benzene rings is 1. The summed E-state index contributed by atoms with van der Waals surface area (Å²) in [5.41, 5.74) is 2.87. The lowest BCUT2D eigenvalue weighted by atomic mass is 9.87. The van der Waals surface area contributed by atoms with Crippen molar-refractivity contribution >= 4 is 5.69 Å². The number of rotatable bonds is 3. The van der Waals surface area contributed by atoms with Gasteiger partial charge in [-0.1, -0.05) is 32.9 Å². The quantitative estimate of drug-likeness (QED) is 0.846. The molecule has 1 heterocycles. The number of nitrogens with zero attached hydrogens (tertiary/aromatic N) is 2. The predicted octanol–water partition coefficient (Wildman–Crippen LogP) is 2.68. The highest BCUT2D eigenvalue weighted by Gasteiger charge is 2.22. The minimum atomic E-state index is 0.209. The Bertz CT molecular complexity index is 450. The molecular formula is C16H23N3. The minimum absolute atomic E-state index is 0.209. The molecule has 0 spiro atoms. The van der Waals surface area contributed by atoms with Crippen LogP contribution in [0.5, 0.6) is 0 Å². The highest BCUT2D eigenvalue weighted by Crippen LogP contribution is 2.26. The molecule has 0 aromatic heterocycles. The molecular weight excluding hydrogens is 234 g/mol. The molecule has 2 rings (SSSR count). The summed E-state index contributed by atoms with van der Waals surface area (Å²) in [5.74, 6) is 0. The molecule has 1 atom stereocenters. The van der Waals surface area contributed by atoms with Crippen LogP contribution in [0.25, 0.3) is 0 Å². The fourth-order valence-electron chi connectivity index (χ4n) is 2.52. The molecule has 0 bridgehead atoms. The van der Waals surface area contributed by atoms with Gasteiger partial charge in [0.15, 0.2) is 0 Å². The fraction of sp³-hybridized carbons (Fsp3) is 0.562. The van der Waals surface area contributed by atoms with Gasteiger partial charge in [-0.05, 0) is 29.5 Å². The lowest BCUT2D eigenvalue weighted by molar-refractivity contribution is 0.589. The van der Waals surface area contributed by atoms with Gasteiger partial charge in [-0.15, -0.1) is 0 Å². The molecule has 0 amide bonds. The predicted molar refractivity (Wildman–Crippen MR) is 79.4 cm³/mol. The first-order chi connectivity index (χ1) is 9.00. The Morgan fingerprint density at radius 1 is 1.32 bits per heavy atom. The average Bonchev–Trinajstić information content (AvgIpc) is 2.84. The highest BCUT2D eigenvalue weighted by atomic mass is 15.2. The van der Waals surface area contributed by atoms with Crippen LogP contribution in [-0.4, -0.2) is 25.7 Å². The van der Waals surface area contributed by atoms with Gasteiger partial charge in [0.2, 0.25) is 0 Å². The van der Waals surface area contributed by atoms with Crippen LogP contribution in [0.15, 0.2) is 24.3 Å². The van der Waals surface area contributed by atoms with Crippen molar-refractivity contribution in [1.29, 1.82) is 5.26 Å². The molecule has 102 valence electrons. The first kappa shape index (κ1) is 13.9. The van der Waals surface area contributed by atoms with Gasteiger partial charge in [-0.25, -0.2) is 0 Å². The third kappa shape index (κ3) is 3.48. The van der Waals surface area contributed by atoms with Gasteiger partial charge in [0.1, 0.15) is 0 Å². The smallest absolute Gasteiger partial charge is 0.0843 e. The molecule has 0 aliphatic carbocycles. The maximum atomic E-state index is 8.59. The van der Waals surface area contributed by atoms with Gasteiger partial charge in [0, 0.05) is 24.8 Å². The number of hydrogen-bond acceptors (Lipinski definition) is 3. The number of nitrogens with one attached hydrogen (secondary N) is 1. The first-order valence-electron chi connectivity index (χ1n) is 6.96. The molecule has 1 N–H and O–H groups in total. The molecule has 1 aliphatic rings. The standard InChI is InChI=1S/C16H23N3/c1-16(2,3)13-4-6-15(7-5-13)19-11-8-14(12-19)18-10-9-17/h4-7,14,18H,8,10-12H2,1-3H3. The highest BCUT2D eigenvalue weighted by molar-refractivity contribution is 5.49. The maximum Gasteiger partial charge on any atom is 0.0843 e. The Balaban J connectivity index is 1.99. The monoisotopic (exact) mass is 257 g/mol. The van der Waals surface area contributed by atoms with Gasteiger partial charge in [-0.2, -0.15) is 5.26 Å². The Morgan fingerprint density at radius 3 is 2.58 bits per heavy atom. The van der Waals surface area contributed by atoms with Crippen LogP contribution in [0.2, 0.25) is 0 Å². The first-order valence-corrected chi connectivity index (χ1v) is 6.96. The van der Waals surface area contributed by atoms with Gasteiger partial charge >= 0.3 is 0 Å². The number of nitriles is 1. The van der Waals surface area contributed by atoms with Crippen LogP contribution in [0.4, 0.5) is 5.69 Å². The van der Waals surface area contributed by atoms with E-state index < -0.39 is 0 Å². The third-order valence-corrected chi connectivity index (χ3v) is 3.76. The zero-order valence-corrected chi connectivity index (χ0v) is 12.1. The summed E-state index contributed by atoms with van der Waals surface area (Å²) in [6.45, 7) is 9.22. The molecule has 1 fully saturated rings. The maximum absolute atomic E-state index is 8.59. The van der Waals surface area contributed by atoms with Crippen molar-refractivity contribution in [3.05, 3.63) is 29.8 Å². The molecule has 1 aromatic carbocycles. The second-order valence-electron chi connectivity index (χ2n) is 6.27.